The molecule has 2 aliphatic rings. The van der Waals surface area contributed by atoms with Gasteiger partial charge in [0.15, 0.2) is 0 Å². The highest BCUT2D eigenvalue weighted by molar-refractivity contribution is 5.97. The van der Waals surface area contributed by atoms with E-state index < -0.39 is 0 Å². The third kappa shape index (κ3) is 2.19. The molecule has 4 rings (SSSR count). The largest absolute Gasteiger partial charge is 0.472 e. The number of piperazine rings is 1. The van der Waals surface area contributed by atoms with E-state index in [1.54, 1.807) is 12.5 Å². The molecule has 21 heavy (non-hydrogen) atoms. The number of hydrogen-bond donors (Lipinski definition) is 2. The fourth-order valence-electron chi connectivity index (χ4n) is 3.16. The van der Waals surface area contributed by atoms with Gasteiger partial charge in [-0.25, -0.2) is 0 Å². The van der Waals surface area contributed by atoms with E-state index in [4.69, 9.17) is 4.42 Å². The normalized spacial score (nSPS) is 21.2. The first-order valence-electron chi connectivity index (χ1n) is 7.25. The Hall–Kier alpha value is -2.27. The molecule has 2 aliphatic heterocycles. The van der Waals surface area contributed by atoms with E-state index in [0.717, 1.165) is 42.1 Å². The van der Waals surface area contributed by atoms with E-state index in [2.05, 4.69) is 21.6 Å². The van der Waals surface area contributed by atoms with Crippen LogP contribution in [0.1, 0.15) is 6.42 Å². The van der Waals surface area contributed by atoms with Crippen molar-refractivity contribution in [1.29, 1.82) is 0 Å². The van der Waals surface area contributed by atoms with Crippen LogP contribution < -0.4 is 15.5 Å². The third-order valence-electron chi connectivity index (χ3n) is 4.21. The lowest BCUT2D eigenvalue weighted by Gasteiger charge is -2.36. The lowest BCUT2D eigenvalue weighted by molar-refractivity contribution is -0.116. The van der Waals surface area contributed by atoms with Crippen molar-refractivity contribution in [2.45, 2.75) is 12.5 Å². The van der Waals surface area contributed by atoms with Crippen LogP contribution in [0, 0.1) is 0 Å². The van der Waals surface area contributed by atoms with Crippen LogP contribution in [0.5, 0.6) is 0 Å². The zero-order valence-electron chi connectivity index (χ0n) is 11.6. The van der Waals surface area contributed by atoms with Crippen molar-refractivity contribution in [2.24, 2.45) is 0 Å². The molecule has 2 aromatic rings. The van der Waals surface area contributed by atoms with Gasteiger partial charge in [-0.2, -0.15) is 0 Å². The number of carbonyl (C=O) groups excluding carboxylic acids is 1. The summed E-state index contributed by atoms with van der Waals surface area (Å²) in [5.41, 5.74) is 4.17. The summed E-state index contributed by atoms with van der Waals surface area (Å²) in [4.78, 5) is 14.4. The average molecular weight is 283 g/mol. The summed E-state index contributed by atoms with van der Waals surface area (Å²) in [6, 6.07) is 8.32. The number of nitrogens with zero attached hydrogens (tertiary/aromatic N) is 1. The third-order valence-corrected chi connectivity index (χ3v) is 4.21. The number of fused-ring (bicyclic) bond motifs is 3. The molecule has 0 radical (unpaired) electrons. The van der Waals surface area contributed by atoms with Crippen LogP contribution in [-0.4, -0.2) is 31.6 Å². The van der Waals surface area contributed by atoms with Crippen molar-refractivity contribution in [3.05, 3.63) is 36.8 Å². The molecule has 5 nitrogen and oxygen atoms in total. The van der Waals surface area contributed by atoms with Gasteiger partial charge in [0.05, 0.1) is 29.9 Å². The molecule has 1 aromatic heterocycles. The van der Waals surface area contributed by atoms with Crippen LogP contribution in [0.4, 0.5) is 11.4 Å². The van der Waals surface area contributed by atoms with Gasteiger partial charge < -0.3 is 20.0 Å². The van der Waals surface area contributed by atoms with Crippen molar-refractivity contribution < 1.29 is 9.21 Å². The van der Waals surface area contributed by atoms with E-state index in [1.807, 2.05) is 18.2 Å². The maximum atomic E-state index is 12.0. The minimum absolute atomic E-state index is 0.0866. The predicted molar refractivity (Wildman–Crippen MR) is 81.4 cm³/mol. The highest BCUT2D eigenvalue weighted by Gasteiger charge is 2.30. The summed E-state index contributed by atoms with van der Waals surface area (Å²) >= 11 is 0. The minimum Gasteiger partial charge on any atom is -0.472 e. The molecule has 0 bridgehead atoms. The molecule has 108 valence electrons. The number of furan rings is 1. The number of rotatable bonds is 1. The second-order valence-corrected chi connectivity index (χ2v) is 5.55. The summed E-state index contributed by atoms with van der Waals surface area (Å²) in [6.45, 7) is 2.71. The Bertz CT molecular complexity index is 666. The van der Waals surface area contributed by atoms with E-state index >= 15 is 0 Å². The number of benzene rings is 1. The first-order valence-corrected chi connectivity index (χ1v) is 7.25. The van der Waals surface area contributed by atoms with Gasteiger partial charge in [0.25, 0.3) is 0 Å². The van der Waals surface area contributed by atoms with Gasteiger partial charge in [-0.1, -0.05) is 6.07 Å². The first kappa shape index (κ1) is 12.5. The van der Waals surface area contributed by atoms with Crippen molar-refractivity contribution in [2.75, 3.05) is 29.9 Å². The van der Waals surface area contributed by atoms with E-state index in [1.165, 1.54) is 0 Å². The zero-order valence-corrected chi connectivity index (χ0v) is 11.6. The van der Waals surface area contributed by atoms with Crippen molar-refractivity contribution in [3.8, 4) is 11.1 Å². The molecule has 1 saturated heterocycles. The van der Waals surface area contributed by atoms with E-state index in [9.17, 15) is 4.79 Å². The van der Waals surface area contributed by atoms with Gasteiger partial charge in [0, 0.05) is 31.6 Å². The quantitative estimate of drug-likeness (QED) is 0.841. The molecule has 0 aliphatic carbocycles. The Kier molecular flexibility index (Phi) is 2.93. The van der Waals surface area contributed by atoms with Crippen LogP contribution in [0.2, 0.25) is 0 Å². The molecule has 1 aromatic carbocycles. The first-order chi connectivity index (χ1) is 10.3. The van der Waals surface area contributed by atoms with Crippen LogP contribution in [0.25, 0.3) is 11.1 Å². The Balaban J connectivity index is 1.80. The number of carbonyl (C=O) groups is 1. The van der Waals surface area contributed by atoms with Crippen LogP contribution in [-0.2, 0) is 4.79 Å². The molecule has 5 heteroatoms. The minimum atomic E-state index is 0.0866. The van der Waals surface area contributed by atoms with E-state index in [-0.39, 0.29) is 11.9 Å². The van der Waals surface area contributed by atoms with Gasteiger partial charge >= 0.3 is 0 Å². The SMILES string of the molecule is O=C1CC2CNCCN2c2cc(-c3ccoc3)ccc2N1. The highest BCUT2D eigenvalue weighted by Crippen LogP contribution is 2.35. The lowest BCUT2D eigenvalue weighted by atomic mass is 10.0. The summed E-state index contributed by atoms with van der Waals surface area (Å²) in [7, 11) is 0. The Morgan fingerprint density at radius 3 is 3.05 bits per heavy atom. The number of nitrogens with one attached hydrogen (secondary N) is 2. The summed E-state index contributed by atoms with van der Waals surface area (Å²) < 4.78 is 5.17. The Morgan fingerprint density at radius 1 is 1.24 bits per heavy atom. The zero-order chi connectivity index (χ0) is 14.2. The van der Waals surface area contributed by atoms with Crippen LogP contribution in [0.3, 0.4) is 0 Å². The topological polar surface area (TPSA) is 57.5 Å². The maximum absolute atomic E-state index is 12.0. The average Bonchev–Trinajstić information content (AvgIpc) is 2.98. The molecular formula is C16H17N3O2. The molecule has 1 atom stereocenters. The van der Waals surface area contributed by atoms with Crippen molar-refractivity contribution in [1.82, 2.24) is 5.32 Å². The van der Waals surface area contributed by atoms with Gasteiger partial charge in [-0.05, 0) is 23.8 Å². The van der Waals surface area contributed by atoms with Crippen LogP contribution >= 0.6 is 0 Å². The number of anilines is 2. The molecule has 0 spiro atoms. The smallest absolute Gasteiger partial charge is 0.226 e. The summed E-state index contributed by atoms with van der Waals surface area (Å²) in [5.74, 6) is 0.0866. The second-order valence-electron chi connectivity index (χ2n) is 5.55. The van der Waals surface area contributed by atoms with E-state index in [0.29, 0.717) is 6.42 Å². The van der Waals surface area contributed by atoms with Crippen molar-refractivity contribution in [3.63, 3.8) is 0 Å². The number of hydrogen-bond acceptors (Lipinski definition) is 4. The summed E-state index contributed by atoms with van der Waals surface area (Å²) in [5, 5.41) is 6.39. The highest BCUT2D eigenvalue weighted by atomic mass is 16.3. The molecule has 1 amide bonds. The fourth-order valence-corrected chi connectivity index (χ4v) is 3.16. The molecule has 1 fully saturated rings. The Morgan fingerprint density at radius 2 is 2.19 bits per heavy atom. The standard InChI is InChI=1S/C16H17N3O2/c20-16-8-13-9-17-4-5-19(13)15-7-11(1-2-14(15)18-16)12-3-6-21-10-12/h1-3,6-7,10,13,17H,4-5,8-9H2,(H,18,20). The maximum Gasteiger partial charge on any atom is 0.226 e. The molecular weight excluding hydrogens is 266 g/mol. The summed E-state index contributed by atoms with van der Waals surface area (Å²) in [6.07, 6.45) is 3.95. The van der Waals surface area contributed by atoms with Gasteiger partial charge in [0.1, 0.15) is 0 Å². The monoisotopic (exact) mass is 283 g/mol. The van der Waals surface area contributed by atoms with Gasteiger partial charge in [-0.15, -0.1) is 0 Å². The molecule has 0 saturated carbocycles. The van der Waals surface area contributed by atoms with Crippen molar-refractivity contribution >= 4 is 17.3 Å². The fraction of sp³-hybridized carbons (Fsp3) is 0.312. The second kappa shape index (κ2) is 4.93. The van der Waals surface area contributed by atoms with Gasteiger partial charge in [-0.3, -0.25) is 4.79 Å². The lowest BCUT2D eigenvalue weighted by Crippen LogP contribution is -2.51. The van der Waals surface area contributed by atoms with Gasteiger partial charge in [0.2, 0.25) is 5.91 Å². The van der Waals surface area contributed by atoms with Crippen LogP contribution in [0.15, 0.2) is 41.2 Å². The molecule has 1 unspecified atom stereocenters. The molecule has 3 heterocycles. The molecule has 2 N–H and O–H groups in total. The number of amides is 1. The predicted octanol–water partition coefficient (Wildman–Crippen LogP) is 2.07. The Labute approximate surface area is 122 Å².